The van der Waals surface area contributed by atoms with Crippen molar-refractivity contribution < 1.29 is 4.92 Å². The summed E-state index contributed by atoms with van der Waals surface area (Å²) in [6.07, 6.45) is 1.03. The minimum Gasteiger partial charge on any atom is -0.296 e. The van der Waals surface area contributed by atoms with Gasteiger partial charge in [0, 0.05) is 35.7 Å². The first-order chi connectivity index (χ1) is 12.6. The standard InChI is InChI=1S/C20H21N3O2S/c1-3-15-8-10-16(11-9-15)20-21-18(14-26-20)13-22(2)12-17-6-4-5-7-19(17)23(24)25/h4-11,14H,3,12-13H2,1-2H3. The summed E-state index contributed by atoms with van der Waals surface area (Å²) >= 11 is 1.63. The number of para-hydroxylation sites is 1. The number of rotatable bonds is 7. The highest BCUT2D eigenvalue weighted by Gasteiger charge is 2.15. The largest absolute Gasteiger partial charge is 0.296 e. The lowest BCUT2D eigenvalue weighted by Gasteiger charge is -2.15. The summed E-state index contributed by atoms with van der Waals surface area (Å²) in [5.41, 5.74) is 4.29. The van der Waals surface area contributed by atoms with Gasteiger partial charge in [-0.2, -0.15) is 0 Å². The number of thiazole rings is 1. The van der Waals surface area contributed by atoms with Crippen molar-refractivity contribution in [3.63, 3.8) is 0 Å². The number of aromatic nitrogens is 1. The van der Waals surface area contributed by atoms with Gasteiger partial charge in [0.05, 0.1) is 10.6 Å². The topological polar surface area (TPSA) is 59.3 Å². The van der Waals surface area contributed by atoms with E-state index in [2.05, 4.69) is 36.6 Å². The molecular weight excluding hydrogens is 346 g/mol. The van der Waals surface area contributed by atoms with E-state index in [9.17, 15) is 10.1 Å². The molecule has 0 amide bonds. The lowest BCUT2D eigenvalue weighted by molar-refractivity contribution is -0.385. The molecule has 0 fully saturated rings. The van der Waals surface area contributed by atoms with Crippen LogP contribution in [0.4, 0.5) is 5.69 Å². The number of hydrogen-bond donors (Lipinski definition) is 0. The molecular formula is C20H21N3O2S. The van der Waals surface area contributed by atoms with Crippen molar-refractivity contribution in [3.8, 4) is 10.6 Å². The first kappa shape index (κ1) is 18.2. The number of aryl methyl sites for hydroxylation is 1. The number of nitro groups is 1. The van der Waals surface area contributed by atoms with Gasteiger partial charge in [0.2, 0.25) is 0 Å². The van der Waals surface area contributed by atoms with E-state index < -0.39 is 0 Å². The van der Waals surface area contributed by atoms with Crippen molar-refractivity contribution in [1.82, 2.24) is 9.88 Å². The van der Waals surface area contributed by atoms with E-state index in [0.717, 1.165) is 22.7 Å². The molecule has 0 aliphatic rings. The minimum absolute atomic E-state index is 0.161. The Bertz CT molecular complexity index is 890. The van der Waals surface area contributed by atoms with Gasteiger partial charge >= 0.3 is 0 Å². The van der Waals surface area contributed by atoms with E-state index in [4.69, 9.17) is 4.98 Å². The van der Waals surface area contributed by atoms with Crippen LogP contribution in [0.5, 0.6) is 0 Å². The molecule has 1 aromatic heterocycles. The van der Waals surface area contributed by atoms with Crippen LogP contribution in [0, 0.1) is 10.1 Å². The summed E-state index contributed by atoms with van der Waals surface area (Å²) in [5, 5.41) is 14.2. The third-order valence-electron chi connectivity index (χ3n) is 4.22. The van der Waals surface area contributed by atoms with Gasteiger partial charge in [0.1, 0.15) is 5.01 Å². The molecule has 26 heavy (non-hydrogen) atoms. The van der Waals surface area contributed by atoms with E-state index in [1.165, 1.54) is 5.56 Å². The van der Waals surface area contributed by atoms with E-state index in [1.807, 2.05) is 18.0 Å². The van der Waals surface area contributed by atoms with Crippen molar-refractivity contribution in [2.24, 2.45) is 0 Å². The predicted molar refractivity (Wildman–Crippen MR) is 105 cm³/mol. The second-order valence-electron chi connectivity index (χ2n) is 6.25. The molecule has 0 radical (unpaired) electrons. The summed E-state index contributed by atoms with van der Waals surface area (Å²) in [5.74, 6) is 0. The van der Waals surface area contributed by atoms with Crippen molar-refractivity contribution in [1.29, 1.82) is 0 Å². The van der Waals surface area contributed by atoms with Crippen LogP contribution in [-0.2, 0) is 19.5 Å². The van der Waals surface area contributed by atoms with Gasteiger partial charge in [-0.1, -0.05) is 49.4 Å². The fourth-order valence-electron chi connectivity index (χ4n) is 2.84. The molecule has 134 valence electrons. The molecule has 0 aliphatic heterocycles. The molecule has 0 N–H and O–H groups in total. The molecule has 0 bridgehead atoms. The monoisotopic (exact) mass is 367 g/mol. The Hall–Kier alpha value is -2.57. The number of nitro benzene ring substituents is 1. The molecule has 0 atom stereocenters. The van der Waals surface area contributed by atoms with Crippen LogP contribution in [0.2, 0.25) is 0 Å². The smallest absolute Gasteiger partial charge is 0.273 e. The first-order valence-electron chi connectivity index (χ1n) is 8.51. The lowest BCUT2D eigenvalue weighted by atomic mass is 10.1. The van der Waals surface area contributed by atoms with Crippen LogP contribution in [-0.4, -0.2) is 21.9 Å². The van der Waals surface area contributed by atoms with Crippen LogP contribution >= 0.6 is 11.3 Å². The highest BCUT2D eigenvalue weighted by atomic mass is 32.1. The van der Waals surface area contributed by atoms with Crippen LogP contribution in [0.15, 0.2) is 53.9 Å². The van der Waals surface area contributed by atoms with Gasteiger partial charge in [0.25, 0.3) is 5.69 Å². The zero-order valence-corrected chi connectivity index (χ0v) is 15.7. The van der Waals surface area contributed by atoms with Crippen molar-refractivity contribution in [3.05, 3.63) is 80.8 Å². The highest BCUT2D eigenvalue weighted by Crippen LogP contribution is 2.25. The number of hydrogen-bond acceptors (Lipinski definition) is 5. The molecule has 0 aliphatic carbocycles. The predicted octanol–water partition coefficient (Wildman–Crippen LogP) is 4.91. The van der Waals surface area contributed by atoms with Gasteiger partial charge in [-0.25, -0.2) is 4.98 Å². The lowest BCUT2D eigenvalue weighted by Crippen LogP contribution is -2.18. The zero-order valence-electron chi connectivity index (χ0n) is 14.9. The fourth-order valence-corrected chi connectivity index (χ4v) is 3.66. The average Bonchev–Trinajstić information content (AvgIpc) is 3.10. The summed E-state index contributed by atoms with van der Waals surface area (Å²) in [6, 6.07) is 15.4. The van der Waals surface area contributed by atoms with E-state index in [0.29, 0.717) is 18.7 Å². The second-order valence-corrected chi connectivity index (χ2v) is 7.11. The molecule has 5 nitrogen and oxygen atoms in total. The van der Waals surface area contributed by atoms with E-state index >= 15 is 0 Å². The van der Waals surface area contributed by atoms with E-state index in [-0.39, 0.29) is 10.6 Å². The Kier molecular flexibility index (Phi) is 5.75. The molecule has 0 unspecified atom stereocenters. The fraction of sp³-hybridized carbons (Fsp3) is 0.250. The van der Waals surface area contributed by atoms with Crippen molar-refractivity contribution >= 4 is 17.0 Å². The van der Waals surface area contributed by atoms with E-state index in [1.54, 1.807) is 29.5 Å². The molecule has 3 aromatic rings. The van der Waals surface area contributed by atoms with Crippen molar-refractivity contribution in [2.75, 3.05) is 7.05 Å². The molecule has 3 rings (SSSR count). The van der Waals surface area contributed by atoms with Crippen molar-refractivity contribution in [2.45, 2.75) is 26.4 Å². The number of nitrogens with zero attached hydrogens (tertiary/aromatic N) is 3. The third kappa shape index (κ3) is 4.33. The minimum atomic E-state index is -0.329. The third-order valence-corrected chi connectivity index (χ3v) is 5.16. The molecule has 6 heteroatoms. The maximum atomic E-state index is 11.1. The second kappa shape index (κ2) is 8.21. The molecule has 0 saturated carbocycles. The number of benzene rings is 2. The maximum absolute atomic E-state index is 11.1. The van der Waals surface area contributed by atoms with Gasteiger partial charge in [-0.3, -0.25) is 15.0 Å². The summed E-state index contributed by atoms with van der Waals surface area (Å²) < 4.78 is 0. The molecule has 2 aromatic carbocycles. The quantitative estimate of drug-likeness (QED) is 0.440. The van der Waals surface area contributed by atoms with Crippen LogP contribution < -0.4 is 0 Å². The van der Waals surface area contributed by atoms with Gasteiger partial charge in [-0.05, 0) is 19.0 Å². The first-order valence-corrected chi connectivity index (χ1v) is 9.39. The Balaban J connectivity index is 1.68. The van der Waals surface area contributed by atoms with Gasteiger partial charge in [-0.15, -0.1) is 11.3 Å². The van der Waals surface area contributed by atoms with Gasteiger partial charge in [0.15, 0.2) is 0 Å². The summed E-state index contributed by atoms with van der Waals surface area (Å²) in [7, 11) is 1.95. The average molecular weight is 367 g/mol. The summed E-state index contributed by atoms with van der Waals surface area (Å²) in [6.45, 7) is 3.30. The Morgan fingerprint density at radius 1 is 1.12 bits per heavy atom. The van der Waals surface area contributed by atoms with Crippen LogP contribution in [0.1, 0.15) is 23.7 Å². The Morgan fingerprint density at radius 2 is 1.85 bits per heavy atom. The summed E-state index contributed by atoms with van der Waals surface area (Å²) in [4.78, 5) is 17.6. The maximum Gasteiger partial charge on any atom is 0.273 e. The molecule has 1 heterocycles. The van der Waals surface area contributed by atoms with Gasteiger partial charge < -0.3 is 0 Å². The Morgan fingerprint density at radius 3 is 2.54 bits per heavy atom. The normalized spacial score (nSPS) is 11.0. The highest BCUT2D eigenvalue weighted by molar-refractivity contribution is 7.13. The van der Waals surface area contributed by atoms with Crippen LogP contribution in [0.25, 0.3) is 10.6 Å². The zero-order chi connectivity index (χ0) is 18.5. The molecule has 0 spiro atoms. The SMILES string of the molecule is CCc1ccc(-c2nc(CN(C)Cc3ccccc3[N+](=O)[O-])cs2)cc1. The molecule has 0 saturated heterocycles. The Labute approximate surface area is 157 Å². The van der Waals surface area contributed by atoms with Crippen LogP contribution in [0.3, 0.4) is 0 Å².